The molecule has 1 spiro atoms. The van der Waals surface area contributed by atoms with Gasteiger partial charge in [0.05, 0.1) is 0 Å². The molecule has 2 unspecified atom stereocenters. The van der Waals surface area contributed by atoms with Crippen LogP contribution in [0.2, 0.25) is 0 Å². The van der Waals surface area contributed by atoms with Gasteiger partial charge in [0.25, 0.3) is 5.91 Å². The van der Waals surface area contributed by atoms with E-state index >= 15 is 0 Å². The van der Waals surface area contributed by atoms with Gasteiger partial charge in [-0.25, -0.2) is 4.79 Å². The van der Waals surface area contributed by atoms with Crippen LogP contribution in [0.15, 0.2) is 12.1 Å². The normalized spacial score (nSPS) is 24.0. The van der Waals surface area contributed by atoms with E-state index in [9.17, 15) is 19.2 Å². The molecule has 2 fully saturated rings. The maximum absolute atomic E-state index is 12.9. The largest absolute Gasteiger partial charge is 0.456 e. The number of hydrogen-bond acceptors (Lipinski definition) is 5. The minimum Gasteiger partial charge on any atom is -0.456 e. The van der Waals surface area contributed by atoms with Crippen LogP contribution in [-0.2, 0) is 14.3 Å². The Balaban J connectivity index is 1.62. The number of aryl methyl sites for hydroxylation is 3. The van der Waals surface area contributed by atoms with Crippen molar-refractivity contribution in [3.05, 3.63) is 34.4 Å². The highest BCUT2D eigenvalue weighted by Gasteiger charge is 2.55. The summed E-state index contributed by atoms with van der Waals surface area (Å²) in [7, 11) is 0. The van der Waals surface area contributed by atoms with E-state index < -0.39 is 30.7 Å². The van der Waals surface area contributed by atoms with Gasteiger partial charge in [-0.3, -0.25) is 19.3 Å². The second-order valence-corrected chi connectivity index (χ2v) is 8.30. The average Bonchev–Trinajstić information content (AvgIpc) is 2.87. The van der Waals surface area contributed by atoms with E-state index in [0.717, 1.165) is 40.9 Å². The number of imide groups is 1. The fourth-order valence-corrected chi connectivity index (χ4v) is 4.65. The van der Waals surface area contributed by atoms with Gasteiger partial charge in [0, 0.05) is 5.56 Å². The van der Waals surface area contributed by atoms with Gasteiger partial charge in [-0.15, -0.1) is 0 Å². The zero-order valence-corrected chi connectivity index (χ0v) is 17.5. The first-order valence-corrected chi connectivity index (χ1v) is 10.1. The Morgan fingerprint density at radius 3 is 2.45 bits per heavy atom. The average molecular weight is 400 g/mol. The van der Waals surface area contributed by atoms with Crippen molar-refractivity contribution in [3.63, 3.8) is 0 Å². The number of rotatable bonds is 5. The van der Waals surface area contributed by atoms with Crippen LogP contribution < -0.4 is 5.32 Å². The summed E-state index contributed by atoms with van der Waals surface area (Å²) in [6.07, 6.45) is 3.31. The summed E-state index contributed by atoms with van der Waals surface area (Å²) in [5.74, 6) is -1.43. The van der Waals surface area contributed by atoms with Crippen molar-refractivity contribution in [1.82, 2.24) is 10.2 Å². The Labute approximate surface area is 170 Å². The molecule has 2 aliphatic rings. The third-order valence-corrected chi connectivity index (χ3v) is 6.11. The highest BCUT2D eigenvalue weighted by Crippen LogP contribution is 2.38. The Kier molecular flexibility index (Phi) is 5.78. The number of carbonyl (C=O) groups excluding carboxylic acids is 4. The lowest BCUT2D eigenvalue weighted by Gasteiger charge is -2.36. The lowest BCUT2D eigenvalue weighted by atomic mass is 9.73. The number of carbonyl (C=O) groups is 4. The third-order valence-electron chi connectivity index (χ3n) is 6.11. The molecule has 1 saturated heterocycles. The number of amides is 3. The van der Waals surface area contributed by atoms with E-state index in [4.69, 9.17) is 4.74 Å². The van der Waals surface area contributed by atoms with Crippen LogP contribution in [0.5, 0.6) is 0 Å². The molecule has 7 heteroatoms. The van der Waals surface area contributed by atoms with Crippen LogP contribution in [0.25, 0.3) is 0 Å². The van der Waals surface area contributed by atoms with Gasteiger partial charge < -0.3 is 10.1 Å². The van der Waals surface area contributed by atoms with Gasteiger partial charge in [-0.1, -0.05) is 37.5 Å². The fraction of sp³-hybridized carbons (Fsp3) is 0.545. The molecule has 2 atom stereocenters. The van der Waals surface area contributed by atoms with E-state index in [1.807, 2.05) is 39.8 Å². The summed E-state index contributed by atoms with van der Waals surface area (Å²) in [5, 5.41) is 2.80. The van der Waals surface area contributed by atoms with E-state index in [-0.39, 0.29) is 17.6 Å². The Bertz CT molecular complexity index is 855. The molecule has 0 radical (unpaired) electrons. The van der Waals surface area contributed by atoms with Crippen molar-refractivity contribution in [2.45, 2.75) is 58.9 Å². The maximum atomic E-state index is 12.9. The van der Waals surface area contributed by atoms with Crippen LogP contribution in [0.3, 0.4) is 0 Å². The summed E-state index contributed by atoms with van der Waals surface area (Å²) in [6.45, 7) is 6.67. The zero-order chi connectivity index (χ0) is 21.3. The summed E-state index contributed by atoms with van der Waals surface area (Å²) < 4.78 is 5.10. The van der Waals surface area contributed by atoms with Crippen LogP contribution >= 0.6 is 0 Å². The summed E-state index contributed by atoms with van der Waals surface area (Å²) >= 11 is 0. The van der Waals surface area contributed by atoms with E-state index in [1.165, 1.54) is 0 Å². The molecule has 0 aromatic heterocycles. The molecule has 1 N–H and O–H groups in total. The van der Waals surface area contributed by atoms with Crippen LogP contribution in [-0.4, -0.2) is 47.3 Å². The monoisotopic (exact) mass is 400 g/mol. The zero-order valence-electron chi connectivity index (χ0n) is 17.5. The van der Waals surface area contributed by atoms with Crippen molar-refractivity contribution in [1.29, 1.82) is 0 Å². The van der Waals surface area contributed by atoms with E-state index in [0.29, 0.717) is 12.0 Å². The van der Waals surface area contributed by atoms with Gasteiger partial charge >= 0.3 is 12.0 Å². The van der Waals surface area contributed by atoms with Crippen LogP contribution in [0.4, 0.5) is 4.79 Å². The SMILES string of the molecule is Cc1cc(C)c(C(=O)COC(=O)CN2C(=O)NC3(CCCCC3C)C2=O)c(C)c1. The first-order valence-electron chi connectivity index (χ1n) is 10.1. The maximum Gasteiger partial charge on any atom is 0.326 e. The number of nitrogens with one attached hydrogen (secondary N) is 1. The third kappa shape index (κ3) is 3.91. The molecule has 156 valence electrons. The predicted octanol–water partition coefficient (Wildman–Crippen LogP) is 2.84. The molecule has 0 bridgehead atoms. The first kappa shape index (κ1) is 21.0. The van der Waals surface area contributed by atoms with Gasteiger partial charge in [-0.05, 0) is 50.7 Å². The topological polar surface area (TPSA) is 92.8 Å². The quantitative estimate of drug-likeness (QED) is 0.466. The fourth-order valence-electron chi connectivity index (χ4n) is 4.65. The minimum absolute atomic E-state index is 0.0165. The number of urea groups is 1. The molecule has 1 aliphatic heterocycles. The molecule has 3 rings (SSSR count). The van der Waals surface area contributed by atoms with Crippen LogP contribution in [0.1, 0.15) is 59.7 Å². The van der Waals surface area contributed by atoms with Crippen molar-refractivity contribution < 1.29 is 23.9 Å². The molecule has 3 amide bonds. The number of benzene rings is 1. The van der Waals surface area contributed by atoms with Crippen molar-refractivity contribution in [2.75, 3.05) is 13.2 Å². The first-order chi connectivity index (χ1) is 13.7. The molecule has 1 aromatic carbocycles. The predicted molar refractivity (Wildman–Crippen MR) is 107 cm³/mol. The molecule has 1 aromatic rings. The number of esters is 1. The van der Waals surface area contributed by atoms with E-state index in [2.05, 4.69) is 5.32 Å². The molecule has 7 nitrogen and oxygen atoms in total. The highest BCUT2D eigenvalue weighted by molar-refractivity contribution is 6.09. The van der Waals surface area contributed by atoms with Gasteiger partial charge in [0.15, 0.2) is 6.61 Å². The molecule has 1 saturated carbocycles. The number of hydrogen-bond donors (Lipinski definition) is 1. The number of Topliss-reactive ketones (excluding diaryl/α,β-unsaturated/α-hetero) is 1. The summed E-state index contributed by atoms with van der Waals surface area (Å²) in [5.41, 5.74) is 2.32. The standard InChI is InChI=1S/C22H28N2O5/c1-13-9-14(2)19(15(3)10-13)17(25)12-29-18(26)11-24-20(27)22(23-21(24)28)8-6-5-7-16(22)4/h9-10,16H,5-8,11-12H2,1-4H3,(H,23,28). The molecular weight excluding hydrogens is 372 g/mol. The van der Waals surface area contributed by atoms with Gasteiger partial charge in [0.2, 0.25) is 5.78 Å². The Hall–Kier alpha value is -2.70. The van der Waals surface area contributed by atoms with E-state index in [1.54, 1.807) is 0 Å². The minimum atomic E-state index is -0.915. The number of nitrogens with zero attached hydrogens (tertiary/aromatic N) is 1. The van der Waals surface area contributed by atoms with Crippen molar-refractivity contribution in [2.24, 2.45) is 5.92 Å². The summed E-state index contributed by atoms with van der Waals surface area (Å²) in [4.78, 5) is 50.9. The van der Waals surface area contributed by atoms with Crippen molar-refractivity contribution >= 4 is 23.7 Å². The Morgan fingerprint density at radius 2 is 1.83 bits per heavy atom. The lowest BCUT2D eigenvalue weighted by Crippen LogP contribution is -2.54. The number of ether oxygens (including phenoxy) is 1. The Morgan fingerprint density at radius 1 is 1.17 bits per heavy atom. The van der Waals surface area contributed by atoms with Crippen molar-refractivity contribution in [3.8, 4) is 0 Å². The smallest absolute Gasteiger partial charge is 0.326 e. The van der Waals surface area contributed by atoms with Gasteiger partial charge in [-0.2, -0.15) is 0 Å². The molecule has 1 heterocycles. The lowest BCUT2D eigenvalue weighted by molar-refractivity contribution is -0.147. The van der Waals surface area contributed by atoms with Gasteiger partial charge in [0.1, 0.15) is 12.1 Å². The highest BCUT2D eigenvalue weighted by atomic mass is 16.5. The molecule has 1 aliphatic carbocycles. The summed E-state index contributed by atoms with van der Waals surface area (Å²) in [6, 6.07) is 3.23. The second kappa shape index (κ2) is 7.97. The van der Waals surface area contributed by atoms with Crippen LogP contribution in [0, 0.1) is 26.7 Å². The second-order valence-electron chi connectivity index (χ2n) is 8.30. The number of ketones is 1. The molecule has 29 heavy (non-hydrogen) atoms. The molecular formula is C22H28N2O5.